The zero-order valence-corrected chi connectivity index (χ0v) is 7.08. The van der Waals surface area contributed by atoms with E-state index < -0.39 is 6.98 Å². The number of rotatable bonds is 0. The van der Waals surface area contributed by atoms with Crippen molar-refractivity contribution < 1.29 is 4.11 Å². The Kier molecular flexibility index (Phi) is 2.07. The summed E-state index contributed by atoms with van der Waals surface area (Å²) in [7, 11) is 0. The minimum Gasteiger partial charge on any atom is -0.324 e. The lowest BCUT2D eigenvalue weighted by Crippen LogP contribution is -2.50. The molecule has 1 aliphatic heterocycles. The highest BCUT2D eigenvalue weighted by atomic mass is 35.5. The van der Waals surface area contributed by atoms with Crippen LogP contribution in [0.2, 0.25) is 0 Å². The van der Waals surface area contributed by atoms with Crippen LogP contribution >= 0.6 is 12.4 Å². The summed E-state index contributed by atoms with van der Waals surface area (Å²) in [6.07, 6.45) is 1.80. The van der Waals surface area contributed by atoms with Crippen LogP contribution in [0.3, 0.4) is 0 Å². The molecule has 62 valence electrons. The third-order valence-corrected chi connectivity index (χ3v) is 1.73. The van der Waals surface area contributed by atoms with Gasteiger partial charge in [-0.1, -0.05) is 0 Å². The van der Waals surface area contributed by atoms with Gasteiger partial charge in [0.05, 0.1) is 0 Å². The normalized spacial score (nSPS) is 40.8. The standard InChI is InChI=1S/C7H16N2.ClH/c1-7(8)4-3-5-9(2)6-7;/h3-6,8H2,1-2H3;1H/t7-;/m1./s1/i2D3;. The van der Waals surface area contributed by atoms with E-state index in [9.17, 15) is 0 Å². The molecule has 10 heavy (non-hydrogen) atoms. The molecule has 1 saturated heterocycles. The summed E-state index contributed by atoms with van der Waals surface area (Å²) in [6, 6.07) is 0. The van der Waals surface area contributed by atoms with Gasteiger partial charge in [-0.3, -0.25) is 0 Å². The summed E-state index contributed by atoms with van der Waals surface area (Å²) < 4.78 is 21.6. The van der Waals surface area contributed by atoms with E-state index in [1.807, 2.05) is 6.92 Å². The van der Waals surface area contributed by atoms with E-state index in [1.165, 1.54) is 4.90 Å². The first-order valence-electron chi connectivity index (χ1n) is 4.85. The van der Waals surface area contributed by atoms with Crippen molar-refractivity contribution in [1.82, 2.24) is 4.90 Å². The molecule has 1 rings (SSSR count). The van der Waals surface area contributed by atoms with Crippen LogP contribution in [0.5, 0.6) is 0 Å². The lowest BCUT2D eigenvalue weighted by Gasteiger charge is -2.35. The molecule has 0 aromatic heterocycles. The molecule has 2 N–H and O–H groups in total. The summed E-state index contributed by atoms with van der Waals surface area (Å²) in [5, 5.41) is 0. The zero-order chi connectivity index (χ0) is 9.41. The van der Waals surface area contributed by atoms with E-state index in [4.69, 9.17) is 9.85 Å². The molecule has 0 saturated carbocycles. The van der Waals surface area contributed by atoms with Crippen LogP contribution in [0.15, 0.2) is 0 Å². The number of nitrogens with zero attached hydrogens (tertiary/aromatic N) is 1. The van der Waals surface area contributed by atoms with Gasteiger partial charge in [-0.15, -0.1) is 12.4 Å². The van der Waals surface area contributed by atoms with Crippen LogP contribution in [-0.2, 0) is 0 Å². The predicted octanol–water partition coefficient (Wildman–Crippen LogP) is 0.851. The Morgan fingerprint density at radius 2 is 2.40 bits per heavy atom. The van der Waals surface area contributed by atoms with E-state index in [2.05, 4.69) is 0 Å². The number of likely N-dealkylation sites (tertiary alicyclic amines) is 1. The zero-order valence-electron chi connectivity index (χ0n) is 9.26. The average Bonchev–Trinajstić information content (AvgIpc) is 1.83. The van der Waals surface area contributed by atoms with E-state index >= 15 is 0 Å². The molecule has 2 nitrogen and oxygen atoms in total. The van der Waals surface area contributed by atoms with E-state index in [0.717, 1.165) is 12.8 Å². The molecule has 1 aliphatic rings. The van der Waals surface area contributed by atoms with E-state index in [-0.39, 0.29) is 17.9 Å². The molecule has 0 radical (unpaired) electrons. The predicted molar refractivity (Wildman–Crippen MR) is 46.6 cm³/mol. The van der Waals surface area contributed by atoms with Crippen molar-refractivity contribution in [2.24, 2.45) is 5.73 Å². The van der Waals surface area contributed by atoms with Crippen molar-refractivity contribution in [2.45, 2.75) is 25.3 Å². The average molecular weight is 168 g/mol. The van der Waals surface area contributed by atoms with Gasteiger partial charge in [0, 0.05) is 16.2 Å². The lowest BCUT2D eigenvalue weighted by molar-refractivity contribution is 0.192. The Balaban J connectivity index is 0.00000144. The molecule has 0 aromatic carbocycles. The van der Waals surface area contributed by atoms with Crippen LogP contribution in [0, 0.1) is 0 Å². The van der Waals surface area contributed by atoms with E-state index in [0.29, 0.717) is 13.1 Å². The molecule has 1 atom stereocenters. The smallest absolute Gasteiger partial charge is 0.0394 e. The van der Waals surface area contributed by atoms with E-state index in [1.54, 1.807) is 0 Å². The van der Waals surface area contributed by atoms with Crippen LogP contribution in [-0.4, -0.2) is 30.5 Å². The molecular formula is C7H17ClN2. The molecule has 0 spiro atoms. The Morgan fingerprint density at radius 1 is 1.70 bits per heavy atom. The number of likely N-dealkylation sites (N-methyl/N-ethyl adjacent to an activating group) is 1. The maximum atomic E-state index is 7.21. The first kappa shape index (κ1) is 5.81. The van der Waals surface area contributed by atoms with Gasteiger partial charge >= 0.3 is 0 Å². The third-order valence-electron chi connectivity index (χ3n) is 1.73. The summed E-state index contributed by atoms with van der Waals surface area (Å²) in [6.45, 7) is 1.05. The summed E-state index contributed by atoms with van der Waals surface area (Å²) in [5.41, 5.74) is 5.55. The monoisotopic (exact) mass is 167 g/mol. The topological polar surface area (TPSA) is 29.3 Å². The summed E-state index contributed by atoms with van der Waals surface area (Å²) in [5.74, 6) is 0. The number of halogens is 1. The quantitative estimate of drug-likeness (QED) is 0.580. The van der Waals surface area contributed by atoms with Crippen molar-refractivity contribution in [1.29, 1.82) is 0 Å². The fourth-order valence-electron chi connectivity index (χ4n) is 1.27. The number of piperidine rings is 1. The second kappa shape index (κ2) is 3.56. The van der Waals surface area contributed by atoms with Crippen molar-refractivity contribution in [2.75, 3.05) is 20.1 Å². The van der Waals surface area contributed by atoms with Gasteiger partial charge in [0.25, 0.3) is 0 Å². The molecule has 0 bridgehead atoms. The maximum absolute atomic E-state index is 7.21. The number of hydrogen-bond donors (Lipinski definition) is 1. The van der Waals surface area contributed by atoms with Gasteiger partial charge in [-0.05, 0) is 33.3 Å². The summed E-state index contributed by atoms with van der Waals surface area (Å²) in [4.78, 5) is 1.48. The van der Waals surface area contributed by atoms with Crippen LogP contribution < -0.4 is 5.73 Å². The van der Waals surface area contributed by atoms with Crippen molar-refractivity contribution >= 4 is 12.4 Å². The molecule has 1 heterocycles. The molecule has 0 aromatic rings. The molecular weight excluding hydrogens is 148 g/mol. The number of hydrogen-bond acceptors (Lipinski definition) is 2. The minimum absolute atomic E-state index is 0. The van der Waals surface area contributed by atoms with Crippen LogP contribution in [0.1, 0.15) is 23.9 Å². The fourth-order valence-corrected chi connectivity index (χ4v) is 1.27. The van der Waals surface area contributed by atoms with Crippen molar-refractivity contribution in [3.05, 3.63) is 0 Å². The second-order valence-electron chi connectivity index (χ2n) is 3.18. The maximum Gasteiger partial charge on any atom is 0.0394 e. The Hall–Kier alpha value is 0.210. The summed E-state index contributed by atoms with van der Waals surface area (Å²) >= 11 is 0. The van der Waals surface area contributed by atoms with Gasteiger partial charge in [0.2, 0.25) is 0 Å². The van der Waals surface area contributed by atoms with Gasteiger partial charge in [0.15, 0.2) is 0 Å². The van der Waals surface area contributed by atoms with Crippen molar-refractivity contribution in [3.8, 4) is 0 Å². The molecule has 0 unspecified atom stereocenters. The third kappa shape index (κ3) is 2.86. The lowest BCUT2D eigenvalue weighted by atomic mass is 9.93. The second-order valence-corrected chi connectivity index (χ2v) is 3.18. The highest BCUT2D eigenvalue weighted by Crippen LogP contribution is 2.15. The highest BCUT2D eigenvalue weighted by molar-refractivity contribution is 5.85. The van der Waals surface area contributed by atoms with Gasteiger partial charge in [-0.2, -0.15) is 0 Å². The highest BCUT2D eigenvalue weighted by Gasteiger charge is 2.23. The van der Waals surface area contributed by atoms with Crippen LogP contribution in [0.4, 0.5) is 0 Å². The first-order chi connectivity index (χ1) is 5.31. The van der Waals surface area contributed by atoms with Crippen molar-refractivity contribution in [3.63, 3.8) is 0 Å². The molecule has 0 amide bonds. The SMILES string of the molecule is Cl.[2H]C([2H])([2H])N1CCC[C@@](C)(N)C1. The first-order valence-corrected chi connectivity index (χ1v) is 3.35. The fraction of sp³-hybridized carbons (Fsp3) is 1.00. The van der Waals surface area contributed by atoms with Gasteiger partial charge < -0.3 is 10.6 Å². The van der Waals surface area contributed by atoms with Gasteiger partial charge in [0.1, 0.15) is 0 Å². The Bertz CT molecular complexity index is 166. The Labute approximate surface area is 73.4 Å². The molecule has 3 heteroatoms. The molecule has 1 fully saturated rings. The largest absolute Gasteiger partial charge is 0.324 e. The Morgan fingerprint density at radius 3 is 2.80 bits per heavy atom. The van der Waals surface area contributed by atoms with Gasteiger partial charge in [-0.25, -0.2) is 0 Å². The van der Waals surface area contributed by atoms with Crippen LogP contribution in [0.25, 0.3) is 0 Å². The minimum atomic E-state index is -1.97. The molecule has 0 aliphatic carbocycles. The number of nitrogens with two attached hydrogens (primary N) is 1.